The van der Waals surface area contributed by atoms with E-state index in [1.54, 1.807) is 14.2 Å². The number of methoxy groups -OCH3 is 1. The lowest BCUT2D eigenvalue weighted by atomic mass is 10.1. The molecule has 170 valence electrons. The van der Waals surface area contributed by atoms with Gasteiger partial charge in [0, 0.05) is 32.1 Å². The van der Waals surface area contributed by atoms with Crippen LogP contribution in [0.25, 0.3) is 0 Å². The van der Waals surface area contributed by atoms with Crippen molar-refractivity contribution in [2.75, 3.05) is 20.7 Å². The van der Waals surface area contributed by atoms with E-state index in [1.807, 2.05) is 43.6 Å². The van der Waals surface area contributed by atoms with Crippen LogP contribution in [0.2, 0.25) is 0 Å². The Kier molecular flexibility index (Phi) is 8.98. The third-order valence-corrected chi connectivity index (χ3v) is 5.08. The predicted octanol–water partition coefficient (Wildman–Crippen LogP) is 3.66. The zero-order chi connectivity index (χ0) is 22.6. The summed E-state index contributed by atoms with van der Waals surface area (Å²) in [5.41, 5.74) is 1.36. The Morgan fingerprint density at radius 2 is 1.91 bits per heavy atom. The number of guanidine groups is 1. The zero-order valence-corrected chi connectivity index (χ0v) is 19.1. The van der Waals surface area contributed by atoms with Gasteiger partial charge in [0.1, 0.15) is 23.4 Å². The molecule has 0 amide bonds. The van der Waals surface area contributed by atoms with Gasteiger partial charge in [-0.2, -0.15) is 0 Å². The minimum Gasteiger partial charge on any atom is -0.497 e. The van der Waals surface area contributed by atoms with Gasteiger partial charge in [-0.25, -0.2) is 4.98 Å². The Balaban J connectivity index is 1.42. The van der Waals surface area contributed by atoms with E-state index in [2.05, 4.69) is 55.5 Å². The molecule has 0 bridgehead atoms. The second-order valence-electron chi connectivity index (χ2n) is 7.54. The van der Waals surface area contributed by atoms with Crippen molar-refractivity contribution in [2.24, 2.45) is 4.99 Å². The predicted molar refractivity (Wildman–Crippen MR) is 128 cm³/mol. The molecule has 0 fully saturated rings. The van der Waals surface area contributed by atoms with Gasteiger partial charge in [-0.3, -0.25) is 4.99 Å². The molecule has 1 atom stereocenters. The average molecular weight is 436 g/mol. The summed E-state index contributed by atoms with van der Waals surface area (Å²) in [7, 11) is 3.41. The molecule has 2 aromatic carbocycles. The number of benzene rings is 2. The molecule has 0 radical (unpaired) electrons. The van der Waals surface area contributed by atoms with E-state index in [9.17, 15) is 0 Å². The smallest absolute Gasteiger partial charge is 0.191 e. The molecule has 1 aromatic heterocycles. The molecular formula is C25H33N5O2. The summed E-state index contributed by atoms with van der Waals surface area (Å²) >= 11 is 0. The van der Waals surface area contributed by atoms with E-state index in [1.165, 1.54) is 5.56 Å². The molecule has 2 N–H and O–H groups in total. The van der Waals surface area contributed by atoms with Gasteiger partial charge >= 0.3 is 0 Å². The van der Waals surface area contributed by atoms with Crippen molar-refractivity contribution in [3.8, 4) is 11.5 Å². The first-order valence-electron chi connectivity index (χ1n) is 11.0. The number of hydrogen-bond donors (Lipinski definition) is 2. The normalized spacial score (nSPS) is 12.3. The van der Waals surface area contributed by atoms with Gasteiger partial charge in [-0.15, -0.1) is 0 Å². The maximum atomic E-state index is 5.96. The molecule has 0 aliphatic rings. The quantitative estimate of drug-likeness (QED) is 0.355. The lowest BCUT2D eigenvalue weighted by molar-refractivity contribution is 0.223. The summed E-state index contributed by atoms with van der Waals surface area (Å²) in [5.74, 6) is 3.25. The number of nitrogens with one attached hydrogen (secondary N) is 2. The number of nitrogens with zero attached hydrogens (tertiary/aromatic N) is 3. The van der Waals surface area contributed by atoms with E-state index < -0.39 is 0 Å². The van der Waals surface area contributed by atoms with Gasteiger partial charge in [0.25, 0.3) is 0 Å². The first kappa shape index (κ1) is 23.2. The highest BCUT2D eigenvalue weighted by Crippen LogP contribution is 2.19. The maximum absolute atomic E-state index is 5.96. The summed E-state index contributed by atoms with van der Waals surface area (Å²) in [5, 5.41) is 6.65. The fourth-order valence-electron chi connectivity index (χ4n) is 3.38. The number of aliphatic imine (C=N–C) groups is 1. The van der Waals surface area contributed by atoms with Gasteiger partial charge in [-0.1, -0.05) is 36.4 Å². The van der Waals surface area contributed by atoms with Crippen LogP contribution >= 0.6 is 0 Å². The fourth-order valence-corrected chi connectivity index (χ4v) is 3.38. The molecule has 0 saturated carbocycles. The van der Waals surface area contributed by atoms with Crippen molar-refractivity contribution in [2.45, 2.75) is 39.0 Å². The first-order valence-corrected chi connectivity index (χ1v) is 11.0. The second kappa shape index (κ2) is 12.4. The van der Waals surface area contributed by atoms with Crippen molar-refractivity contribution >= 4 is 5.96 Å². The van der Waals surface area contributed by atoms with Crippen molar-refractivity contribution in [1.29, 1.82) is 0 Å². The SMILES string of the molecule is CN=C(NCc1nccn1CCCc1ccccc1)NCC(C)Oc1cccc(OC)c1. The molecular weight excluding hydrogens is 402 g/mol. The molecule has 0 spiro atoms. The number of aromatic nitrogens is 2. The summed E-state index contributed by atoms with van der Waals surface area (Å²) < 4.78 is 13.4. The number of aryl methyl sites for hydroxylation is 2. The first-order chi connectivity index (χ1) is 15.7. The van der Waals surface area contributed by atoms with E-state index in [0.717, 1.165) is 36.7 Å². The van der Waals surface area contributed by atoms with Crippen LogP contribution in [-0.2, 0) is 19.5 Å². The van der Waals surface area contributed by atoms with Crippen LogP contribution in [0, 0.1) is 0 Å². The number of ether oxygens (including phenoxy) is 2. The van der Waals surface area contributed by atoms with Gasteiger partial charge < -0.3 is 24.7 Å². The fraction of sp³-hybridized carbons (Fsp3) is 0.360. The summed E-state index contributed by atoms with van der Waals surface area (Å²) in [6, 6.07) is 18.2. The molecule has 0 aliphatic heterocycles. The van der Waals surface area contributed by atoms with Crippen molar-refractivity contribution < 1.29 is 9.47 Å². The zero-order valence-electron chi connectivity index (χ0n) is 19.1. The van der Waals surface area contributed by atoms with Crippen molar-refractivity contribution in [3.05, 3.63) is 78.4 Å². The summed E-state index contributed by atoms with van der Waals surface area (Å²) in [6.45, 7) is 4.16. The Morgan fingerprint density at radius 3 is 2.69 bits per heavy atom. The number of rotatable bonds is 11. The van der Waals surface area contributed by atoms with Crippen LogP contribution < -0.4 is 20.1 Å². The lowest BCUT2D eigenvalue weighted by Gasteiger charge is -2.18. The van der Waals surface area contributed by atoms with Crippen LogP contribution in [0.4, 0.5) is 0 Å². The standard InChI is InChI=1S/C25H33N5O2/c1-20(32-23-13-7-12-22(17-23)31-3)18-28-25(26-2)29-19-24-27-14-16-30(24)15-8-11-21-9-5-4-6-10-21/h4-7,9-10,12-14,16-17,20H,8,11,15,18-19H2,1-3H3,(H2,26,28,29). The van der Waals surface area contributed by atoms with E-state index in [4.69, 9.17) is 9.47 Å². The molecule has 1 unspecified atom stereocenters. The van der Waals surface area contributed by atoms with Crippen molar-refractivity contribution in [1.82, 2.24) is 20.2 Å². The highest BCUT2D eigenvalue weighted by atomic mass is 16.5. The Morgan fingerprint density at radius 1 is 1.09 bits per heavy atom. The minimum atomic E-state index is -0.0411. The molecule has 3 aromatic rings. The maximum Gasteiger partial charge on any atom is 0.191 e. The molecule has 0 saturated heterocycles. The highest BCUT2D eigenvalue weighted by molar-refractivity contribution is 5.79. The van der Waals surface area contributed by atoms with Crippen LogP contribution in [0.3, 0.4) is 0 Å². The number of hydrogen-bond acceptors (Lipinski definition) is 4. The van der Waals surface area contributed by atoms with Gasteiger partial charge in [-0.05, 0) is 37.5 Å². The van der Waals surface area contributed by atoms with E-state index in [0.29, 0.717) is 19.0 Å². The Labute approximate surface area is 190 Å². The van der Waals surface area contributed by atoms with Crippen LogP contribution in [-0.4, -0.2) is 42.3 Å². The van der Waals surface area contributed by atoms with Gasteiger partial charge in [0.2, 0.25) is 0 Å². The third kappa shape index (κ3) is 7.34. The molecule has 32 heavy (non-hydrogen) atoms. The monoisotopic (exact) mass is 435 g/mol. The Bertz CT molecular complexity index is 971. The third-order valence-electron chi connectivity index (χ3n) is 5.08. The topological polar surface area (TPSA) is 72.7 Å². The second-order valence-corrected chi connectivity index (χ2v) is 7.54. The number of imidazole rings is 1. The Hall–Kier alpha value is -3.48. The van der Waals surface area contributed by atoms with Crippen LogP contribution in [0.15, 0.2) is 72.0 Å². The van der Waals surface area contributed by atoms with Crippen LogP contribution in [0.1, 0.15) is 24.7 Å². The molecule has 7 heteroatoms. The van der Waals surface area contributed by atoms with Crippen LogP contribution in [0.5, 0.6) is 11.5 Å². The molecule has 7 nitrogen and oxygen atoms in total. The molecule has 1 heterocycles. The molecule has 0 aliphatic carbocycles. The van der Waals surface area contributed by atoms with Gasteiger partial charge in [0.05, 0.1) is 20.2 Å². The summed E-state index contributed by atoms with van der Waals surface area (Å²) in [6.07, 6.45) is 5.96. The van der Waals surface area contributed by atoms with Crippen molar-refractivity contribution in [3.63, 3.8) is 0 Å². The lowest BCUT2D eigenvalue weighted by Crippen LogP contribution is -2.41. The average Bonchev–Trinajstić information content (AvgIpc) is 3.27. The van der Waals surface area contributed by atoms with E-state index in [-0.39, 0.29) is 6.10 Å². The van der Waals surface area contributed by atoms with Gasteiger partial charge in [0.15, 0.2) is 5.96 Å². The minimum absolute atomic E-state index is 0.0411. The summed E-state index contributed by atoms with van der Waals surface area (Å²) in [4.78, 5) is 8.80. The van der Waals surface area contributed by atoms with E-state index >= 15 is 0 Å². The highest BCUT2D eigenvalue weighted by Gasteiger charge is 2.08. The molecule has 3 rings (SSSR count). The largest absolute Gasteiger partial charge is 0.497 e.